The number of hydrogen-bond acceptors (Lipinski definition) is 3. The van der Waals surface area contributed by atoms with Gasteiger partial charge in [-0.25, -0.2) is 4.98 Å². The molecule has 1 N–H and O–H groups in total. The van der Waals surface area contributed by atoms with Crippen LogP contribution in [0.1, 0.15) is 49.8 Å². The molecule has 3 rings (SSSR count). The maximum atomic E-state index is 5.75. The standard InChI is InChI=1S/C15H25N3O/c1-2-4-15-17-13-11-16-8-6-14(13)18(15)9-7-12-5-3-10-19-12/h12,16H,2-11H2,1H3. The third kappa shape index (κ3) is 2.84. The highest BCUT2D eigenvalue weighted by Crippen LogP contribution is 2.21. The number of nitrogens with one attached hydrogen (secondary N) is 1. The normalized spacial score (nSPS) is 22.7. The van der Waals surface area contributed by atoms with E-state index in [9.17, 15) is 0 Å². The Morgan fingerprint density at radius 2 is 2.42 bits per heavy atom. The van der Waals surface area contributed by atoms with Crippen molar-refractivity contribution >= 4 is 0 Å². The molecule has 0 spiro atoms. The van der Waals surface area contributed by atoms with E-state index < -0.39 is 0 Å². The van der Waals surface area contributed by atoms with Crippen LogP contribution in [-0.4, -0.2) is 28.8 Å². The second-order valence-electron chi connectivity index (χ2n) is 5.67. The van der Waals surface area contributed by atoms with Crippen LogP contribution in [0.2, 0.25) is 0 Å². The minimum atomic E-state index is 0.481. The van der Waals surface area contributed by atoms with Crippen molar-refractivity contribution in [2.45, 2.75) is 64.6 Å². The smallest absolute Gasteiger partial charge is 0.109 e. The minimum absolute atomic E-state index is 0.481. The van der Waals surface area contributed by atoms with Gasteiger partial charge in [-0.05, 0) is 25.7 Å². The van der Waals surface area contributed by atoms with Gasteiger partial charge in [0.1, 0.15) is 5.82 Å². The second kappa shape index (κ2) is 6.06. The highest BCUT2D eigenvalue weighted by atomic mass is 16.5. The molecule has 1 saturated heterocycles. The SMILES string of the molecule is CCCc1nc2c(n1CCC1CCCO1)CCNC2. The van der Waals surface area contributed by atoms with Crippen molar-refractivity contribution in [3.05, 3.63) is 17.2 Å². The topological polar surface area (TPSA) is 39.1 Å². The first-order chi connectivity index (χ1) is 9.38. The molecule has 4 nitrogen and oxygen atoms in total. The predicted molar refractivity (Wildman–Crippen MR) is 75.2 cm³/mol. The van der Waals surface area contributed by atoms with E-state index in [1.54, 1.807) is 0 Å². The summed E-state index contributed by atoms with van der Waals surface area (Å²) in [6, 6.07) is 0. The van der Waals surface area contributed by atoms with Crippen LogP contribution in [0.4, 0.5) is 0 Å². The van der Waals surface area contributed by atoms with Crippen LogP contribution >= 0.6 is 0 Å². The zero-order valence-corrected chi connectivity index (χ0v) is 12.0. The Labute approximate surface area is 115 Å². The lowest BCUT2D eigenvalue weighted by atomic mass is 10.1. The lowest BCUT2D eigenvalue weighted by molar-refractivity contribution is 0.0999. The molecule has 1 fully saturated rings. The fraction of sp³-hybridized carbons (Fsp3) is 0.800. The molecule has 2 aliphatic heterocycles. The summed E-state index contributed by atoms with van der Waals surface area (Å²) in [5.41, 5.74) is 2.75. The molecular weight excluding hydrogens is 238 g/mol. The summed E-state index contributed by atoms with van der Waals surface area (Å²) < 4.78 is 8.24. The van der Waals surface area contributed by atoms with Crippen LogP contribution in [0.3, 0.4) is 0 Å². The van der Waals surface area contributed by atoms with Crippen molar-refractivity contribution in [1.82, 2.24) is 14.9 Å². The molecule has 0 bridgehead atoms. The molecule has 2 aliphatic rings. The summed E-state index contributed by atoms with van der Waals surface area (Å²) in [4.78, 5) is 4.85. The second-order valence-corrected chi connectivity index (χ2v) is 5.67. The predicted octanol–water partition coefficient (Wildman–Crippen LogP) is 2.05. The van der Waals surface area contributed by atoms with Crippen molar-refractivity contribution in [3.63, 3.8) is 0 Å². The molecule has 3 heterocycles. The van der Waals surface area contributed by atoms with E-state index in [4.69, 9.17) is 9.72 Å². The fourth-order valence-corrected chi connectivity index (χ4v) is 3.25. The number of hydrogen-bond donors (Lipinski definition) is 1. The van der Waals surface area contributed by atoms with Gasteiger partial charge in [0.2, 0.25) is 0 Å². The number of fused-ring (bicyclic) bond motifs is 1. The van der Waals surface area contributed by atoms with E-state index in [1.807, 2.05) is 0 Å². The summed E-state index contributed by atoms with van der Waals surface area (Å²) in [7, 11) is 0. The van der Waals surface area contributed by atoms with Gasteiger partial charge in [-0.15, -0.1) is 0 Å². The van der Waals surface area contributed by atoms with Crippen LogP contribution in [0.5, 0.6) is 0 Å². The Bertz CT molecular complexity index is 421. The molecule has 0 aromatic carbocycles. The van der Waals surface area contributed by atoms with Gasteiger partial charge in [0.05, 0.1) is 11.8 Å². The van der Waals surface area contributed by atoms with E-state index in [0.29, 0.717) is 6.10 Å². The van der Waals surface area contributed by atoms with Crippen molar-refractivity contribution < 1.29 is 4.74 Å². The van der Waals surface area contributed by atoms with Crippen molar-refractivity contribution in [1.29, 1.82) is 0 Å². The van der Waals surface area contributed by atoms with Gasteiger partial charge < -0.3 is 14.6 Å². The van der Waals surface area contributed by atoms with Crippen LogP contribution in [-0.2, 0) is 30.7 Å². The summed E-state index contributed by atoms with van der Waals surface area (Å²) in [5, 5.41) is 3.42. The average Bonchev–Trinajstić information content (AvgIpc) is 3.04. The van der Waals surface area contributed by atoms with E-state index in [0.717, 1.165) is 45.5 Å². The van der Waals surface area contributed by atoms with E-state index in [-0.39, 0.29) is 0 Å². The van der Waals surface area contributed by atoms with Gasteiger partial charge in [0.15, 0.2) is 0 Å². The molecule has 1 unspecified atom stereocenters. The lowest BCUT2D eigenvalue weighted by Crippen LogP contribution is -2.25. The largest absolute Gasteiger partial charge is 0.378 e. The Hall–Kier alpha value is -0.870. The number of aromatic nitrogens is 2. The summed E-state index contributed by atoms with van der Waals surface area (Å²) >= 11 is 0. The molecule has 0 amide bonds. The first-order valence-corrected chi connectivity index (χ1v) is 7.78. The first-order valence-electron chi connectivity index (χ1n) is 7.78. The Balaban J connectivity index is 1.74. The number of aryl methyl sites for hydroxylation is 1. The third-order valence-corrected chi connectivity index (χ3v) is 4.24. The molecule has 106 valence electrons. The van der Waals surface area contributed by atoms with Gasteiger partial charge in [-0.3, -0.25) is 0 Å². The number of imidazole rings is 1. The molecule has 1 atom stereocenters. The van der Waals surface area contributed by atoms with E-state index >= 15 is 0 Å². The molecule has 1 aromatic rings. The van der Waals surface area contributed by atoms with Gasteiger partial charge in [0, 0.05) is 44.8 Å². The minimum Gasteiger partial charge on any atom is -0.378 e. The van der Waals surface area contributed by atoms with Crippen molar-refractivity contribution in [3.8, 4) is 0 Å². The van der Waals surface area contributed by atoms with Crippen LogP contribution in [0.15, 0.2) is 0 Å². The highest BCUT2D eigenvalue weighted by Gasteiger charge is 2.21. The third-order valence-electron chi connectivity index (χ3n) is 4.24. The summed E-state index contributed by atoms with van der Waals surface area (Å²) in [6.07, 6.45) is 7.49. The van der Waals surface area contributed by atoms with Gasteiger partial charge in [-0.1, -0.05) is 6.92 Å². The van der Waals surface area contributed by atoms with Crippen LogP contribution in [0.25, 0.3) is 0 Å². The first kappa shape index (κ1) is 13.1. The zero-order valence-electron chi connectivity index (χ0n) is 12.0. The molecule has 0 aliphatic carbocycles. The number of nitrogens with zero attached hydrogens (tertiary/aromatic N) is 2. The maximum Gasteiger partial charge on any atom is 0.109 e. The maximum absolute atomic E-state index is 5.75. The zero-order chi connectivity index (χ0) is 13.1. The summed E-state index contributed by atoms with van der Waals surface area (Å²) in [6.45, 7) is 6.31. The molecule has 1 aromatic heterocycles. The van der Waals surface area contributed by atoms with Crippen LogP contribution < -0.4 is 5.32 Å². The number of rotatable bonds is 5. The summed E-state index contributed by atoms with van der Waals surface area (Å²) in [5.74, 6) is 1.29. The Morgan fingerprint density at radius 3 is 3.21 bits per heavy atom. The van der Waals surface area contributed by atoms with Crippen molar-refractivity contribution in [2.24, 2.45) is 0 Å². The monoisotopic (exact) mass is 263 g/mol. The number of ether oxygens (including phenoxy) is 1. The molecule has 0 radical (unpaired) electrons. The van der Waals surface area contributed by atoms with E-state index in [1.165, 1.54) is 36.5 Å². The average molecular weight is 263 g/mol. The van der Waals surface area contributed by atoms with Crippen LogP contribution in [0, 0.1) is 0 Å². The molecule has 19 heavy (non-hydrogen) atoms. The van der Waals surface area contributed by atoms with Gasteiger partial charge >= 0.3 is 0 Å². The van der Waals surface area contributed by atoms with E-state index in [2.05, 4.69) is 16.8 Å². The van der Waals surface area contributed by atoms with Gasteiger partial charge in [0.25, 0.3) is 0 Å². The Kier molecular flexibility index (Phi) is 4.18. The molecule has 0 saturated carbocycles. The lowest BCUT2D eigenvalue weighted by Gasteiger charge is -2.17. The Morgan fingerprint density at radius 1 is 1.47 bits per heavy atom. The fourth-order valence-electron chi connectivity index (χ4n) is 3.25. The molecule has 4 heteroatoms. The quantitative estimate of drug-likeness (QED) is 0.883. The highest BCUT2D eigenvalue weighted by molar-refractivity contribution is 5.20. The van der Waals surface area contributed by atoms with Gasteiger partial charge in [-0.2, -0.15) is 0 Å². The van der Waals surface area contributed by atoms with Crippen molar-refractivity contribution in [2.75, 3.05) is 13.2 Å². The molecular formula is C15H25N3O.